The molecule has 24 heavy (non-hydrogen) atoms. The van der Waals surface area contributed by atoms with Crippen LogP contribution in [-0.4, -0.2) is 32.1 Å². The summed E-state index contributed by atoms with van der Waals surface area (Å²) in [7, 11) is 0. The van der Waals surface area contributed by atoms with Crippen molar-refractivity contribution >= 4 is 11.6 Å². The van der Waals surface area contributed by atoms with Crippen molar-refractivity contribution in [2.24, 2.45) is 4.99 Å². The molecule has 4 nitrogen and oxygen atoms in total. The topological polar surface area (TPSA) is 39.7 Å². The lowest BCUT2D eigenvalue weighted by molar-refractivity contribution is 0.686. The van der Waals surface area contributed by atoms with Gasteiger partial charge in [-0.2, -0.15) is 0 Å². The van der Waals surface area contributed by atoms with Crippen LogP contribution in [0.1, 0.15) is 51.6 Å². The van der Waals surface area contributed by atoms with E-state index in [1.54, 1.807) is 0 Å². The Hall–Kier alpha value is -1.97. The summed E-state index contributed by atoms with van der Waals surface area (Å²) >= 11 is 0. The second-order valence-corrected chi connectivity index (χ2v) is 6.27. The highest BCUT2D eigenvalue weighted by atomic mass is 15.2. The highest BCUT2D eigenvalue weighted by molar-refractivity contribution is 5.80. The lowest BCUT2D eigenvalue weighted by Crippen LogP contribution is -2.38. The Morgan fingerprint density at radius 3 is 2.83 bits per heavy atom. The second-order valence-electron chi connectivity index (χ2n) is 6.27. The SMILES string of the molecule is C/C=C/CCN=C(NCC)NC(C)c1cccc(N2CCCC2)c1. The Balaban J connectivity index is 2.00. The van der Waals surface area contributed by atoms with Gasteiger partial charge in [-0.15, -0.1) is 0 Å². The summed E-state index contributed by atoms with van der Waals surface area (Å²) in [5.74, 6) is 0.890. The molecule has 1 heterocycles. The first kappa shape index (κ1) is 18.4. The van der Waals surface area contributed by atoms with E-state index < -0.39 is 0 Å². The van der Waals surface area contributed by atoms with Gasteiger partial charge in [0.05, 0.1) is 6.04 Å². The summed E-state index contributed by atoms with van der Waals surface area (Å²) in [5, 5.41) is 6.86. The van der Waals surface area contributed by atoms with Crippen LogP contribution in [0.2, 0.25) is 0 Å². The maximum atomic E-state index is 4.65. The molecule has 0 radical (unpaired) electrons. The minimum atomic E-state index is 0.229. The smallest absolute Gasteiger partial charge is 0.191 e. The first-order valence-electron chi connectivity index (χ1n) is 9.25. The van der Waals surface area contributed by atoms with E-state index in [4.69, 9.17) is 0 Å². The third-order valence-electron chi connectivity index (χ3n) is 4.34. The molecule has 132 valence electrons. The minimum Gasteiger partial charge on any atom is -0.372 e. The van der Waals surface area contributed by atoms with Crippen LogP contribution in [0.3, 0.4) is 0 Å². The van der Waals surface area contributed by atoms with E-state index in [0.29, 0.717) is 0 Å². The van der Waals surface area contributed by atoms with Gasteiger partial charge < -0.3 is 15.5 Å². The lowest BCUT2D eigenvalue weighted by atomic mass is 10.1. The highest BCUT2D eigenvalue weighted by Gasteiger charge is 2.14. The number of anilines is 1. The number of allylic oxidation sites excluding steroid dienone is 1. The standard InChI is InChI=1S/C20H32N4/c1-4-6-7-13-22-20(21-5-2)23-17(3)18-11-10-12-19(16-18)24-14-8-9-15-24/h4,6,10-12,16-17H,5,7-9,13-15H2,1-3H3,(H2,21,22,23)/b6-4+. The Labute approximate surface area is 147 Å². The van der Waals surface area contributed by atoms with Crippen LogP contribution in [0.5, 0.6) is 0 Å². The number of nitrogens with zero attached hydrogens (tertiary/aromatic N) is 2. The van der Waals surface area contributed by atoms with Gasteiger partial charge in [-0.25, -0.2) is 0 Å². The molecule has 0 aliphatic carbocycles. The fourth-order valence-electron chi connectivity index (χ4n) is 2.99. The Bertz CT molecular complexity index is 544. The van der Waals surface area contributed by atoms with Gasteiger partial charge in [0.2, 0.25) is 0 Å². The van der Waals surface area contributed by atoms with Crippen molar-refractivity contribution < 1.29 is 0 Å². The van der Waals surface area contributed by atoms with Crippen molar-refractivity contribution in [3.8, 4) is 0 Å². The van der Waals surface area contributed by atoms with Crippen molar-refractivity contribution in [1.82, 2.24) is 10.6 Å². The molecule has 1 unspecified atom stereocenters. The fraction of sp³-hybridized carbons (Fsp3) is 0.550. The van der Waals surface area contributed by atoms with Crippen molar-refractivity contribution in [1.29, 1.82) is 0 Å². The molecule has 4 heteroatoms. The number of guanidine groups is 1. The summed E-state index contributed by atoms with van der Waals surface area (Å²) in [4.78, 5) is 7.13. The summed E-state index contributed by atoms with van der Waals surface area (Å²) in [5.41, 5.74) is 2.65. The molecule has 1 saturated heterocycles. The van der Waals surface area contributed by atoms with Crippen LogP contribution in [0.25, 0.3) is 0 Å². The largest absolute Gasteiger partial charge is 0.372 e. The summed E-state index contributed by atoms with van der Waals surface area (Å²) in [6.45, 7) is 10.4. The summed E-state index contributed by atoms with van der Waals surface area (Å²) in [6, 6.07) is 9.12. The van der Waals surface area contributed by atoms with Crippen molar-refractivity contribution in [2.45, 2.75) is 46.1 Å². The molecule has 1 aliphatic heterocycles. The first-order valence-corrected chi connectivity index (χ1v) is 9.25. The monoisotopic (exact) mass is 328 g/mol. The van der Waals surface area contributed by atoms with Gasteiger partial charge in [0.25, 0.3) is 0 Å². The van der Waals surface area contributed by atoms with Crippen molar-refractivity contribution in [3.05, 3.63) is 42.0 Å². The molecule has 1 aromatic rings. The maximum absolute atomic E-state index is 4.65. The fourth-order valence-corrected chi connectivity index (χ4v) is 2.99. The van der Waals surface area contributed by atoms with E-state index in [9.17, 15) is 0 Å². The van der Waals surface area contributed by atoms with E-state index in [2.05, 4.69) is 70.8 Å². The number of hydrogen-bond acceptors (Lipinski definition) is 2. The van der Waals surface area contributed by atoms with Crippen molar-refractivity contribution in [2.75, 3.05) is 31.1 Å². The molecular weight excluding hydrogens is 296 g/mol. The Morgan fingerprint density at radius 2 is 2.12 bits per heavy atom. The molecule has 1 fully saturated rings. The van der Waals surface area contributed by atoms with Gasteiger partial charge >= 0.3 is 0 Å². The van der Waals surface area contributed by atoms with Crippen LogP contribution in [0.15, 0.2) is 41.4 Å². The quantitative estimate of drug-likeness (QED) is 0.345. The molecular formula is C20H32N4. The Morgan fingerprint density at radius 1 is 1.33 bits per heavy atom. The second kappa shape index (κ2) is 10.0. The van der Waals surface area contributed by atoms with Crippen LogP contribution in [0, 0.1) is 0 Å². The molecule has 0 saturated carbocycles. The van der Waals surface area contributed by atoms with E-state index >= 15 is 0 Å². The molecule has 2 N–H and O–H groups in total. The number of nitrogens with one attached hydrogen (secondary N) is 2. The van der Waals surface area contributed by atoms with Crippen LogP contribution >= 0.6 is 0 Å². The van der Waals surface area contributed by atoms with Crippen LogP contribution < -0.4 is 15.5 Å². The van der Waals surface area contributed by atoms with Gasteiger partial charge in [-0.05, 0) is 57.7 Å². The van der Waals surface area contributed by atoms with Crippen LogP contribution in [0.4, 0.5) is 5.69 Å². The number of hydrogen-bond donors (Lipinski definition) is 2. The predicted octanol–water partition coefficient (Wildman–Crippen LogP) is 3.87. The zero-order chi connectivity index (χ0) is 17.2. The summed E-state index contributed by atoms with van der Waals surface area (Å²) < 4.78 is 0. The lowest BCUT2D eigenvalue weighted by Gasteiger charge is -2.22. The zero-order valence-electron chi connectivity index (χ0n) is 15.4. The van der Waals surface area contributed by atoms with Gasteiger partial charge in [-0.1, -0.05) is 24.3 Å². The van der Waals surface area contributed by atoms with Gasteiger partial charge in [-0.3, -0.25) is 4.99 Å². The number of aliphatic imine (C=N–C) groups is 1. The zero-order valence-corrected chi connectivity index (χ0v) is 15.4. The van der Waals surface area contributed by atoms with E-state index in [1.165, 1.54) is 37.2 Å². The van der Waals surface area contributed by atoms with E-state index in [0.717, 1.165) is 25.5 Å². The third kappa shape index (κ3) is 5.59. The molecule has 0 spiro atoms. The molecule has 0 amide bonds. The maximum Gasteiger partial charge on any atom is 0.191 e. The van der Waals surface area contributed by atoms with Crippen molar-refractivity contribution in [3.63, 3.8) is 0 Å². The predicted molar refractivity (Wildman–Crippen MR) is 105 cm³/mol. The molecule has 2 rings (SSSR count). The van der Waals surface area contributed by atoms with Gasteiger partial charge in [0.1, 0.15) is 0 Å². The molecule has 1 aliphatic rings. The first-order chi connectivity index (χ1) is 11.7. The minimum absolute atomic E-state index is 0.229. The van der Waals surface area contributed by atoms with Gasteiger partial charge in [0.15, 0.2) is 5.96 Å². The number of benzene rings is 1. The third-order valence-corrected chi connectivity index (χ3v) is 4.34. The highest BCUT2D eigenvalue weighted by Crippen LogP contribution is 2.23. The van der Waals surface area contributed by atoms with Gasteiger partial charge in [0, 0.05) is 31.9 Å². The van der Waals surface area contributed by atoms with E-state index in [1.807, 2.05) is 6.92 Å². The van der Waals surface area contributed by atoms with Crippen LogP contribution in [-0.2, 0) is 0 Å². The van der Waals surface area contributed by atoms with E-state index in [-0.39, 0.29) is 6.04 Å². The molecule has 0 bridgehead atoms. The molecule has 1 atom stereocenters. The average molecular weight is 329 g/mol. The summed E-state index contributed by atoms with van der Waals surface area (Å²) in [6.07, 6.45) is 7.81. The average Bonchev–Trinajstić information content (AvgIpc) is 3.13. The Kier molecular flexibility index (Phi) is 7.66. The normalized spacial score (nSPS) is 16.6. The molecule has 1 aromatic carbocycles. The molecule has 0 aromatic heterocycles. The number of rotatable bonds is 7.